The van der Waals surface area contributed by atoms with Gasteiger partial charge in [-0.15, -0.1) is 21.5 Å². The zero-order chi connectivity index (χ0) is 16.7. The molecule has 2 aromatic rings. The maximum Gasteiger partial charge on any atom is 0.321 e. The summed E-state index contributed by atoms with van der Waals surface area (Å²) >= 11 is 2.98. The first-order chi connectivity index (χ1) is 11.1. The molecule has 0 spiro atoms. The van der Waals surface area contributed by atoms with E-state index in [-0.39, 0.29) is 6.03 Å². The molecule has 2 amide bonds. The lowest BCUT2D eigenvalue weighted by Crippen LogP contribution is -2.28. The Bertz CT molecular complexity index is 622. The van der Waals surface area contributed by atoms with E-state index in [4.69, 9.17) is 0 Å². The highest BCUT2D eigenvalue weighted by Gasteiger charge is 2.09. The van der Waals surface area contributed by atoms with Gasteiger partial charge in [0, 0.05) is 18.3 Å². The minimum Gasteiger partial charge on any atom is -0.332 e. The topological polar surface area (TPSA) is 83.0 Å². The number of aromatic nitrogens is 3. The summed E-state index contributed by atoms with van der Waals surface area (Å²) in [4.78, 5) is 18.5. The third-order valence-electron chi connectivity index (χ3n) is 3.32. The zero-order valence-electron chi connectivity index (χ0n) is 13.6. The van der Waals surface area contributed by atoms with Gasteiger partial charge in [-0.05, 0) is 20.0 Å². The molecule has 2 aromatic heterocycles. The lowest BCUT2D eigenvalue weighted by Gasteiger charge is -2.16. The Morgan fingerprint density at radius 1 is 1.30 bits per heavy atom. The molecule has 2 rings (SSSR count). The fourth-order valence-corrected chi connectivity index (χ4v) is 3.34. The quantitative estimate of drug-likeness (QED) is 0.761. The van der Waals surface area contributed by atoms with Crippen LogP contribution in [-0.4, -0.2) is 45.7 Å². The highest BCUT2D eigenvalue weighted by Crippen LogP contribution is 2.16. The van der Waals surface area contributed by atoms with E-state index in [1.165, 1.54) is 11.3 Å². The molecule has 0 saturated heterocycles. The van der Waals surface area contributed by atoms with Gasteiger partial charge in [0.1, 0.15) is 5.01 Å². The van der Waals surface area contributed by atoms with Crippen molar-refractivity contribution in [1.29, 1.82) is 0 Å². The van der Waals surface area contributed by atoms with E-state index in [0.29, 0.717) is 11.7 Å². The fraction of sp³-hybridized carbons (Fsp3) is 0.571. The molecule has 23 heavy (non-hydrogen) atoms. The van der Waals surface area contributed by atoms with Crippen LogP contribution in [0.2, 0.25) is 0 Å². The first kappa shape index (κ1) is 17.8. The number of urea groups is 1. The van der Waals surface area contributed by atoms with Crippen LogP contribution in [0.4, 0.5) is 9.93 Å². The first-order valence-corrected chi connectivity index (χ1v) is 9.31. The number of carbonyl (C=O) groups excluding carboxylic acids is 1. The number of hydrogen-bond donors (Lipinski definition) is 2. The lowest BCUT2D eigenvalue weighted by molar-refractivity contribution is 0.251. The van der Waals surface area contributed by atoms with Crippen LogP contribution in [0, 0.1) is 6.92 Å². The average Bonchev–Trinajstić information content (AvgIpc) is 3.15. The average molecular weight is 355 g/mol. The first-order valence-electron chi connectivity index (χ1n) is 7.61. The van der Waals surface area contributed by atoms with Crippen molar-refractivity contribution in [2.24, 2.45) is 0 Å². The summed E-state index contributed by atoms with van der Waals surface area (Å²) in [6.07, 6.45) is 0.848. The van der Waals surface area contributed by atoms with Crippen LogP contribution in [0.3, 0.4) is 0 Å². The maximum absolute atomic E-state index is 11.8. The van der Waals surface area contributed by atoms with Crippen LogP contribution in [0.1, 0.15) is 29.6 Å². The zero-order valence-corrected chi connectivity index (χ0v) is 15.3. The predicted molar refractivity (Wildman–Crippen MR) is 94.1 cm³/mol. The maximum atomic E-state index is 11.8. The molecule has 0 aromatic carbocycles. The summed E-state index contributed by atoms with van der Waals surface area (Å²) in [6.45, 7) is 9.64. The van der Waals surface area contributed by atoms with E-state index < -0.39 is 0 Å². The van der Waals surface area contributed by atoms with Crippen molar-refractivity contribution in [3.05, 3.63) is 21.1 Å². The standard InChI is InChI=1S/C14H22N6OS2/c1-4-20(5-2)7-6-12-18-19-14(23-12)17-13(21)15-8-11-9-22-10(3)16-11/h9H,4-8H2,1-3H3,(H2,15,17,19,21). The van der Waals surface area contributed by atoms with Gasteiger partial charge in [-0.3, -0.25) is 5.32 Å². The molecule has 0 aliphatic heterocycles. The van der Waals surface area contributed by atoms with Crippen LogP contribution in [0.5, 0.6) is 0 Å². The smallest absolute Gasteiger partial charge is 0.321 e. The van der Waals surface area contributed by atoms with Crippen LogP contribution >= 0.6 is 22.7 Å². The van der Waals surface area contributed by atoms with Crippen LogP contribution < -0.4 is 10.6 Å². The summed E-state index contributed by atoms with van der Waals surface area (Å²) in [5.41, 5.74) is 0.861. The molecule has 2 heterocycles. The van der Waals surface area contributed by atoms with Gasteiger partial charge in [0.15, 0.2) is 0 Å². The second-order valence-electron chi connectivity index (χ2n) is 4.94. The van der Waals surface area contributed by atoms with Gasteiger partial charge in [-0.2, -0.15) is 0 Å². The summed E-state index contributed by atoms with van der Waals surface area (Å²) in [6, 6.07) is -0.290. The Morgan fingerprint density at radius 3 is 2.74 bits per heavy atom. The third kappa shape index (κ3) is 5.85. The molecule has 0 radical (unpaired) electrons. The second-order valence-corrected chi connectivity index (χ2v) is 7.07. The van der Waals surface area contributed by atoms with E-state index in [9.17, 15) is 4.79 Å². The monoisotopic (exact) mass is 354 g/mol. The molecule has 2 N–H and O–H groups in total. The lowest BCUT2D eigenvalue weighted by atomic mass is 10.4. The van der Waals surface area contributed by atoms with Crippen molar-refractivity contribution in [1.82, 2.24) is 25.4 Å². The summed E-state index contributed by atoms with van der Waals surface area (Å²) in [5, 5.41) is 18.0. The van der Waals surface area contributed by atoms with E-state index in [1.807, 2.05) is 12.3 Å². The number of carbonyl (C=O) groups is 1. The van der Waals surface area contributed by atoms with Crippen molar-refractivity contribution >= 4 is 33.8 Å². The Labute approximate surface area is 144 Å². The Kier molecular flexibility index (Phi) is 6.87. The van der Waals surface area contributed by atoms with Gasteiger partial charge in [-0.25, -0.2) is 9.78 Å². The highest BCUT2D eigenvalue weighted by atomic mass is 32.1. The highest BCUT2D eigenvalue weighted by molar-refractivity contribution is 7.15. The van der Waals surface area contributed by atoms with Crippen LogP contribution in [0.15, 0.2) is 5.38 Å². The molecule has 0 bridgehead atoms. The fourth-order valence-electron chi connectivity index (χ4n) is 2.00. The molecular weight excluding hydrogens is 332 g/mol. The number of anilines is 1. The van der Waals surface area contributed by atoms with Crippen molar-refractivity contribution in [3.8, 4) is 0 Å². The molecule has 0 unspecified atom stereocenters. The molecule has 0 aliphatic carbocycles. The summed E-state index contributed by atoms with van der Waals surface area (Å²) in [7, 11) is 0. The van der Waals surface area contributed by atoms with Gasteiger partial charge in [0.25, 0.3) is 0 Å². The van der Waals surface area contributed by atoms with Crippen molar-refractivity contribution < 1.29 is 4.79 Å². The molecule has 0 saturated carbocycles. The molecule has 0 aliphatic rings. The Hall–Kier alpha value is -1.58. The molecule has 0 atom stereocenters. The molecule has 7 nitrogen and oxygen atoms in total. The van der Waals surface area contributed by atoms with E-state index in [2.05, 4.69) is 44.6 Å². The van der Waals surface area contributed by atoms with Gasteiger partial charge < -0.3 is 10.2 Å². The molecular formula is C14H22N6OS2. The molecule has 126 valence electrons. The van der Waals surface area contributed by atoms with Gasteiger partial charge in [-0.1, -0.05) is 25.2 Å². The number of rotatable bonds is 8. The van der Waals surface area contributed by atoms with Gasteiger partial charge in [0.2, 0.25) is 5.13 Å². The predicted octanol–water partition coefficient (Wildman–Crippen LogP) is 2.51. The minimum atomic E-state index is -0.290. The van der Waals surface area contributed by atoms with Gasteiger partial charge >= 0.3 is 6.03 Å². The SMILES string of the molecule is CCN(CC)CCc1nnc(NC(=O)NCc2csc(C)n2)s1. The Balaban J connectivity index is 1.75. The van der Waals surface area contributed by atoms with Crippen molar-refractivity contribution in [2.75, 3.05) is 25.0 Å². The Morgan fingerprint density at radius 2 is 2.09 bits per heavy atom. The third-order valence-corrected chi connectivity index (χ3v) is 5.04. The van der Waals surface area contributed by atoms with Crippen LogP contribution in [-0.2, 0) is 13.0 Å². The van der Waals surface area contributed by atoms with Crippen molar-refractivity contribution in [2.45, 2.75) is 33.7 Å². The molecule has 9 heteroatoms. The number of nitrogens with zero attached hydrogens (tertiary/aromatic N) is 4. The number of aryl methyl sites for hydroxylation is 1. The van der Waals surface area contributed by atoms with E-state index in [1.54, 1.807) is 11.3 Å². The number of nitrogens with one attached hydrogen (secondary N) is 2. The number of amides is 2. The normalized spacial score (nSPS) is 11.0. The second kappa shape index (κ2) is 8.90. The van der Waals surface area contributed by atoms with E-state index in [0.717, 1.165) is 41.8 Å². The number of likely N-dealkylation sites (N-methyl/N-ethyl adjacent to an activating group) is 1. The number of thiazole rings is 1. The number of hydrogen-bond acceptors (Lipinski definition) is 7. The van der Waals surface area contributed by atoms with Crippen LogP contribution in [0.25, 0.3) is 0 Å². The largest absolute Gasteiger partial charge is 0.332 e. The minimum absolute atomic E-state index is 0.290. The van der Waals surface area contributed by atoms with Gasteiger partial charge in [0.05, 0.1) is 17.2 Å². The summed E-state index contributed by atoms with van der Waals surface area (Å²) in [5.74, 6) is 0. The summed E-state index contributed by atoms with van der Waals surface area (Å²) < 4.78 is 0. The van der Waals surface area contributed by atoms with E-state index >= 15 is 0 Å². The molecule has 0 fully saturated rings. The van der Waals surface area contributed by atoms with Crippen molar-refractivity contribution in [3.63, 3.8) is 0 Å².